The molecule has 5 nitrogen and oxygen atoms in total. The van der Waals surface area contributed by atoms with Gasteiger partial charge in [-0.3, -0.25) is 4.79 Å². The van der Waals surface area contributed by atoms with Crippen LogP contribution in [-0.2, 0) is 9.53 Å². The van der Waals surface area contributed by atoms with Crippen LogP contribution in [0, 0.1) is 5.41 Å². The molecule has 0 amide bonds. The molecule has 0 aromatic carbocycles. The van der Waals surface area contributed by atoms with E-state index in [1.165, 1.54) is 0 Å². The SMILES string of the molecule is CCC(=O)C(C)c1nc(C(OC)C(C)(C)C)no1. The van der Waals surface area contributed by atoms with Crippen molar-refractivity contribution in [1.29, 1.82) is 0 Å². The van der Waals surface area contributed by atoms with Gasteiger partial charge in [0.15, 0.2) is 0 Å². The van der Waals surface area contributed by atoms with Crippen LogP contribution in [0.25, 0.3) is 0 Å². The molecule has 0 aliphatic rings. The highest BCUT2D eigenvalue weighted by Crippen LogP contribution is 2.34. The van der Waals surface area contributed by atoms with Gasteiger partial charge in [-0.25, -0.2) is 0 Å². The van der Waals surface area contributed by atoms with Gasteiger partial charge in [-0.15, -0.1) is 0 Å². The van der Waals surface area contributed by atoms with E-state index in [1.54, 1.807) is 14.0 Å². The molecule has 18 heavy (non-hydrogen) atoms. The molecule has 102 valence electrons. The van der Waals surface area contributed by atoms with Gasteiger partial charge in [0.1, 0.15) is 11.9 Å². The monoisotopic (exact) mass is 254 g/mol. The summed E-state index contributed by atoms with van der Waals surface area (Å²) in [6.07, 6.45) is 0.213. The summed E-state index contributed by atoms with van der Waals surface area (Å²) in [5, 5.41) is 3.93. The molecule has 0 fully saturated rings. The highest BCUT2D eigenvalue weighted by Gasteiger charge is 2.31. The molecule has 0 radical (unpaired) electrons. The van der Waals surface area contributed by atoms with Crippen molar-refractivity contribution >= 4 is 5.78 Å². The molecular weight excluding hydrogens is 232 g/mol. The maximum atomic E-state index is 11.6. The maximum Gasteiger partial charge on any atom is 0.237 e. The lowest BCUT2D eigenvalue weighted by Gasteiger charge is -2.26. The Labute approximate surface area is 108 Å². The van der Waals surface area contributed by atoms with E-state index in [-0.39, 0.29) is 23.2 Å². The van der Waals surface area contributed by atoms with Gasteiger partial charge in [0, 0.05) is 13.5 Å². The molecular formula is C13H22N2O3. The highest BCUT2D eigenvalue weighted by molar-refractivity contribution is 5.83. The topological polar surface area (TPSA) is 65.2 Å². The lowest BCUT2D eigenvalue weighted by molar-refractivity contribution is -0.120. The number of ether oxygens (including phenoxy) is 1. The third-order valence-electron chi connectivity index (χ3n) is 2.92. The minimum absolute atomic E-state index is 0.0925. The molecule has 0 aliphatic heterocycles. The molecule has 1 aromatic heterocycles. The third kappa shape index (κ3) is 3.16. The predicted molar refractivity (Wildman–Crippen MR) is 67.2 cm³/mol. The van der Waals surface area contributed by atoms with E-state index in [0.29, 0.717) is 18.1 Å². The van der Waals surface area contributed by atoms with E-state index in [9.17, 15) is 4.79 Å². The fraction of sp³-hybridized carbons (Fsp3) is 0.769. The smallest absolute Gasteiger partial charge is 0.237 e. The van der Waals surface area contributed by atoms with Gasteiger partial charge in [-0.05, 0) is 12.3 Å². The van der Waals surface area contributed by atoms with Crippen molar-refractivity contribution < 1.29 is 14.1 Å². The normalized spacial score (nSPS) is 15.4. The van der Waals surface area contributed by atoms with Gasteiger partial charge >= 0.3 is 0 Å². The number of carbonyl (C=O) groups is 1. The van der Waals surface area contributed by atoms with Crippen molar-refractivity contribution in [3.8, 4) is 0 Å². The Morgan fingerprint density at radius 1 is 1.44 bits per heavy atom. The van der Waals surface area contributed by atoms with E-state index >= 15 is 0 Å². The van der Waals surface area contributed by atoms with Crippen LogP contribution in [0.15, 0.2) is 4.52 Å². The minimum atomic E-state index is -0.353. The number of aromatic nitrogens is 2. The van der Waals surface area contributed by atoms with Crippen molar-refractivity contribution in [3.05, 3.63) is 11.7 Å². The molecule has 0 spiro atoms. The lowest BCUT2D eigenvalue weighted by atomic mass is 9.88. The van der Waals surface area contributed by atoms with Gasteiger partial charge in [-0.2, -0.15) is 4.98 Å². The summed E-state index contributed by atoms with van der Waals surface area (Å²) in [4.78, 5) is 15.9. The van der Waals surface area contributed by atoms with Crippen LogP contribution in [0.3, 0.4) is 0 Å². The Balaban J connectivity index is 2.95. The Morgan fingerprint density at radius 3 is 2.50 bits per heavy atom. The first kappa shape index (κ1) is 14.8. The number of hydrogen-bond acceptors (Lipinski definition) is 5. The van der Waals surface area contributed by atoms with E-state index in [4.69, 9.17) is 9.26 Å². The van der Waals surface area contributed by atoms with Crippen LogP contribution in [-0.4, -0.2) is 23.0 Å². The molecule has 0 aliphatic carbocycles. The number of hydrogen-bond donors (Lipinski definition) is 0. The Kier molecular flexibility index (Phi) is 4.62. The van der Waals surface area contributed by atoms with Crippen LogP contribution in [0.5, 0.6) is 0 Å². The molecule has 5 heteroatoms. The summed E-state index contributed by atoms with van der Waals surface area (Å²) >= 11 is 0. The van der Waals surface area contributed by atoms with Crippen molar-refractivity contribution in [2.75, 3.05) is 7.11 Å². The standard InChI is InChI=1S/C13H22N2O3/c1-7-9(16)8(2)12-14-11(15-18-12)10(17-6)13(3,4)5/h8,10H,7H2,1-6H3. The zero-order valence-corrected chi connectivity index (χ0v) is 12.0. The lowest BCUT2D eigenvalue weighted by Crippen LogP contribution is -2.21. The quantitative estimate of drug-likeness (QED) is 0.808. The second-order valence-corrected chi connectivity index (χ2v) is 5.51. The molecule has 1 aromatic rings. The largest absolute Gasteiger partial charge is 0.373 e. The van der Waals surface area contributed by atoms with Crippen molar-refractivity contribution in [2.24, 2.45) is 5.41 Å². The van der Waals surface area contributed by atoms with E-state index in [2.05, 4.69) is 10.1 Å². The van der Waals surface area contributed by atoms with Crippen molar-refractivity contribution in [2.45, 2.75) is 53.1 Å². The average Bonchev–Trinajstić information content (AvgIpc) is 2.75. The van der Waals surface area contributed by atoms with Gasteiger partial charge in [0.2, 0.25) is 11.7 Å². The Bertz CT molecular complexity index is 407. The first-order chi connectivity index (χ1) is 8.31. The second kappa shape index (κ2) is 5.61. The summed E-state index contributed by atoms with van der Waals surface area (Å²) in [5.74, 6) is 0.600. The molecule has 2 unspecified atom stereocenters. The van der Waals surface area contributed by atoms with E-state index in [0.717, 1.165) is 0 Å². The number of Topliss-reactive ketones (excluding diaryl/α,β-unsaturated/α-hetero) is 1. The number of rotatable bonds is 5. The highest BCUT2D eigenvalue weighted by atomic mass is 16.5. The summed E-state index contributed by atoms with van der Waals surface area (Å²) in [5.41, 5.74) is -0.131. The molecule has 0 saturated carbocycles. The van der Waals surface area contributed by atoms with Gasteiger partial charge in [0.05, 0.1) is 5.92 Å². The maximum absolute atomic E-state index is 11.6. The summed E-state index contributed by atoms with van der Waals surface area (Å²) in [7, 11) is 1.62. The van der Waals surface area contributed by atoms with Crippen molar-refractivity contribution in [3.63, 3.8) is 0 Å². The molecule has 1 heterocycles. The van der Waals surface area contributed by atoms with Crippen LogP contribution in [0.4, 0.5) is 0 Å². The number of carbonyl (C=O) groups excluding carboxylic acids is 1. The Hall–Kier alpha value is -1.23. The first-order valence-corrected chi connectivity index (χ1v) is 6.20. The minimum Gasteiger partial charge on any atom is -0.373 e. The van der Waals surface area contributed by atoms with E-state index < -0.39 is 0 Å². The zero-order chi connectivity index (χ0) is 13.9. The Morgan fingerprint density at radius 2 is 2.06 bits per heavy atom. The van der Waals surface area contributed by atoms with Crippen LogP contribution >= 0.6 is 0 Å². The molecule has 0 saturated heterocycles. The molecule has 0 N–H and O–H groups in total. The van der Waals surface area contributed by atoms with E-state index in [1.807, 2.05) is 27.7 Å². The van der Waals surface area contributed by atoms with Gasteiger partial charge < -0.3 is 9.26 Å². The van der Waals surface area contributed by atoms with Gasteiger partial charge in [-0.1, -0.05) is 32.9 Å². The van der Waals surface area contributed by atoms with Crippen LogP contribution in [0.1, 0.15) is 64.8 Å². The number of ketones is 1. The van der Waals surface area contributed by atoms with Crippen LogP contribution < -0.4 is 0 Å². The zero-order valence-electron chi connectivity index (χ0n) is 12.0. The van der Waals surface area contributed by atoms with Crippen molar-refractivity contribution in [1.82, 2.24) is 10.1 Å². The average molecular weight is 254 g/mol. The fourth-order valence-corrected chi connectivity index (χ4v) is 1.82. The molecule has 0 bridgehead atoms. The van der Waals surface area contributed by atoms with Crippen LogP contribution in [0.2, 0.25) is 0 Å². The summed E-state index contributed by atoms with van der Waals surface area (Å²) in [6, 6.07) is 0. The first-order valence-electron chi connectivity index (χ1n) is 6.20. The predicted octanol–water partition coefficient (Wildman–Crippen LogP) is 2.89. The number of methoxy groups -OCH3 is 1. The fourth-order valence-electron chi connectivity index (χ4n) is 1.82. The summed E-state index contributed by atoms with van der Waals surface area (Å²) in [6.45, 7) is 9.72. The molecule has 2 atom stereocenters. The molecule has 1 rings (SSSR count). The summed E-state index contributed by atoms with van der Waals surface area (Å²) < 4.78 is 10.6. The number of nitrogens with zero attached hydrogens (tertiary/aromatic N) is 2. The second-order valence-electron chi connectivity index (χ2n) is 5.51. The van der Waals surface area contributed by atoms with Gasteiger partial charge in [0.25, 0.3) is 0 Å². The third-order valence-corrected chi connectivity index (χ3v) is 2.92.